The topological polar surface area (TPSA) is 35.8 Å². The van der Waals surface area contributed by atoms with E-state index in [1.165, 1.54) is 0 Å². The molecule has 0 aliphatic carbocycles. The maximum atomic E-state index is 8.72. The second-order valence-electron chi connectivity index (χ2n) is 4.34. The van der Waals surface area contributed by atoms with Crippen molar-refractivity contribution in [3.63, 3.8) is 0 Å². The van der Waals surface area contributed by atoms with Crippen molar-refractivity contribution in [2.45, 2.75) is 34.1 Å². The third kappa shape index (κ3) is 6.18. The van der Waals surface area contributed by atoms with E-state index in [1.54, 1.807) is 0 Å². The standard InChI is InChI=1S/C10H20N2/c1-9(2)7-12-6-5-10(3,4)8-11/h9,12H,5-7H2,1-4H3. The van der Waals surface area contributed by atoms with Crippen molar-refractivity contribution in [3.05, 3.63) is 0 Å². The Labute approximate surface area is 76.0 Å². The van der Waals surface area contributed by atoms with Crippen LogP contribution in [0.1, 0.15) is 34.1 Å². The molecule has 0 spiro atoms. The van der Waals surface area contributed by atoms with E-state index in [9.17, 15) is 0 Å². The predicted octanol–water partition coefficient (Wildman–Crippen LogP) is 2.17. The molecule has 0 atom stereocenters. The van der Waals surface area contributed by atoms with E-state index in [2.05, 4.69) is 25.2 Å². The molecule has 0 bridgehead atoms. The van der Waals surface area contributed by atoms with Gasteiger partial charge in [-0.05, 0) is 39.3 Å². The van der Waals surface area contributed by atoms with E-state index in [4.69, 9.17) is 5.26 Å². The van der Waals surface area contributed by atoms with Gasteiger partial charge < -0.3 is 5.32 Å². The number of nitriles is 1. The molecule has 0 aliphatic heterocycles. The quantitative estimate of drug-likeness (QED) is 0.639. The van der Waals surface area contributed by atoms with Crippen LogP contribution in [0.4, 0.5) is 0 Å². The summed E-state index contributed by atoms with van der Waals surface area (Å²) in [4.78, 5) is 0. The molecule has 0 rings (SSSR count). The van der Waals surface area contributed by atoms with Crippen LogP contribution in [0.25, 0.3) is 0 Å². The van der Waals surface area contributed by atoms with E-state index < -0.39 is 0 Å². The van der Waals surface area contributed by atoms with Crippen LogP contribution in [0.3, 0.4) is 0 Å². The zero-order valence-electron chi connectivity index (χ0n) is 8.65. The molecule has 0 fully saturated rings. The highest BCUT2D eigenvalue weighted by Crippen LogP contribution is 2.16. The van der Waals surface area contributed by atoms with Crippen molar-refractivity contribution >= 4 is 0 Å². The van der Waals surface area contributed by atoms with Gasteiger partial charge in [0.1, 0.15) is 0 Å². The fraction of sp³-hybridized carbons (Fsp3) is 0.900. The van der Waals surface area contributed by atoms with Crippen LogP contribution in [0, 0.1) is 22.7 Å². The van der Waals surface area contributed by atoms with Gasteiger partial charge in [-0.2, -0.15) is 5.26 Å². The minimum absolute atomic E-state index is 0.177. The third-order valence-electron chi connectivity index (χ3n) is 1.78. The third-order valence-corrected chi connectivity index (χ3v) is 1.78. The first-order chi connectivity index (χ1) is 5.48. The lowest BCUT2D eigenvalue weighted by Crippen LogP contribution is -2.24. The van der Waals surface area contributed by atoms with Crippen LogP contribution in [0.5, 0.6) is 0 Å². The zero-order valence-corrected chi connectivity index (χ0v) is 8.65. The van der Waals surface area contributed by atoms with Gasteiger partial charge in [-0.1, -0.05) is 13.8 Å². The summed E-state index contributed by atoms with van der Waals surface area (Å²) in [5.74, 6) is 0.690. The summed E-state index contributed by atoms with van der Waals surface area (Å²) in [6, 6.07) is 2.29. The van der Waals surface area contributed by atoms with Gasteiger partial charge in [0, 0.05) is 0 Å². The molecule has 0 heterocycles. The largest absolute Gasteiger partial charge is 0.316 e. The summed E-state index contributed by atoms with van der Waals surface area (Å²) in [5.41, 5.74) is -0.177. The molecular formula is C10H20N2. The van der Waals surface area contributed by atoms with E-state index in [0.29, 0.717) is 5.92 Å². The Morgan fingerprint density at radius 1 is 1.42 bits per heavy atom. The fourth-order valence-electron chi connectivity index (χ4n) is 0.848. The molecule has 0 aromatic carbocycles. The van der Waals surface area contributed by atoms with Crippen molar-refractivity contribution in [1.82, 2.24) is 5.32 Å². The van der Waals surface area contributed by atoms with Gasteiger partial charge in [0.15, 0.2) is 0 Å². The molecule has 0 saturated carbocycles. The Kier molecular flexibility index (Phi) is 4.92. The van der Waals surface area contributed by atoms with Gasteiger partial charge in [-0.3, -0.25) is 0 Å². The highest BCUT2D eigenvalue weighted by atomic mass is 14.8. The summed E-state index contributed by atoms with van der Waals surface area (Å²) >= 11 is 0. The lowest BCUT2D eigenvalue weighted by atomic mass is 9.91. The molecule has 70 valence electrons. The summed E-state index contributed by atoms with van der Waals surface area (Å²) in [7, 11) is 0. The van der Waals surface area contributed by atoms with Crippen LogP contribution in [0.15, 0.2) is 0 Å². The van der Waals surface area contributed by atoms with Gasteiger partial charge >= 0.3 is 0 Å². The summed E-state index contributed by atoms with van der Waals surface area (Å²) in [5, 5.41) is 12.0. The molecule has 0 radical (unpaired) electrons. The predicted molar refractivity (Wildman–Crippen MR) is 51.7 cm³/mol. The molecule has 0 unspecified atom stereocenters. The van der Waals surface area contributed by atoms with Gasteiger partial charge in [-0.15, -0.1) is 0 Å². The van der Waals surface area contributed by atoms with E-state index >= 15 is 0 Å². The molecule has 0 aromatic rings. The maximum Gasteiger partial charge on any atom is 0.0684 e. The fourth-order valence-corrected chi connectivity index (χ4v) is 0.848. The molecule has 1 N–H and O–H groups in total. The van der Waals surface area contributed by atoms with Gasteiger partial charge in [0.25, 0.3) is 0 Å². The normalized spacial score (nSPS) is 11.7. The van der Waals surface area contributed by atoms with E-state index in [1.807, 2.05) is 13.8 Å². The SMILES string of the molecule is CC(C)CNCCC(C)(C)C#N. The average Bonchev–Trinajstić information content (AvgIpc) is 1.98. The van der Waals surface area contributed by atoms with Gasteiger partial charge in [0.2, 0.25) is 0 Å². The maximum absolute atomic E-state index is 8.72. The molecular weight excluding hydrogens is 148 g/mol. The van der Waals surface area contributed by atoms with E-state index in [-0.39, 0.29) is 5.41 Å². The highest BCUT2D eigenvalue weighted by molar-refractivity contribution is 4.91. The molecule has 0 aromatic heterocycles. The molecule has 0 aliphatic rings. The molecule has 2 heteroatoms. The lowest BCUT2D eigenvalue weighted by molar-refractivity contribution is 0.421. The Balaban J connectivity index is 3.39. The summed E-state index contributed by atoms with van der Waals surface area (Å²) in [6.45, 7) is 10.3. The molecule has 2 nitrogen and oxygen atoms in total. The van der Waals surface area contributed by atoms with Crippen molar-refractivity contribution in [3.8, 4) is 6.07 Å². The van der Waals surface area contributed by atoms with E-state index in [0.717, 1.165) is 19.5 Å². The van der Waals surface area contributed by atoms with Crippen LogP contribution < -0.4 is 5.32 Å². The zero-order chi connectivity index (χ0) is 9.61. The Hall–Kier alpha value is -0.550. The summed E-state index contributed by atoms with van der Waals surface area (Å²) in [6.07, 6.45) is 0.927. The lowest BCUT2D eigenvalue weighted by Gasteiger charge is -2.15. The first-order valence-electron chi connectivity index (χ1n) is 4.60. The van der Waals surface area contributed by atoms with Crippen molar-refractivity contribution in [2.24, 2.45) is 11.3 Å². The van der Waals surface area contributed by atoms with Crippen LogP contribution >= 0.6 is 0 Å². The monoisotopic (exact) mass is 168 g/mol. The Bertz CT molecular complexity index is 154. The smallest absolute Gasteiger partial charge is 0.0684 e. The molecule has 0 amide bonds. The van der Waals surface area contributed by atoms with Crippen molar-refractivity contribution in [1.29, 1.82) is 5.26 Å². The second-order valence-corrected chi connectivity index (χ2v) is 4.34. The first-order valence-corrected chi connectivity index (χ1v) is 4.60. The number of rotatable bonds is 5. The summed E-state index contributed by atoms with van der Waals surface area (Å²) < 4.78 is 0. The van der Waals surface area contributed by atoms with Gasteiger partial charge in [-0.25, -0.2) is 0 Å². The number of nitrogens with one attached hydrogen (secondary N) is 1. The molecule has 0 saturated heterocycles. The van der Waals surface area contributed by atoms with Crippen LogP contribution in [-0.4, -0.2) is 13.1 Å². The highest BCUT2D eigenvalue weighted by Gasteiger charge is 2.15. The number of hydrogen-bond donors (Lipinski definition) is 1. The van der Waals surface area contributed by atoms with Crippen LogP contribution in [-0.2, 0) is 0 Å². The van der Waals surface area contributed by atoms with Crippen LogP contribution in [0.2, 0.25) is 0 Å². The Morgan fingerprint density at radius 2 is 2.00 bits per heavy atom. The molecule has 12 heavy (non-hydrogen) atoms. The average molecular weight is 168 g/mol. The second kappa shape index (κ2) is 5.16. The number of nitrogens with zero attached hydrogens (tertiary/aromatic N) is 1. The van der Waals surface area contributed by atoms with Crippen molar-refractivity contribution in [2.75, 3.05) is 13.1 Å². The Morgan fingerprint density at radius 3 is 2.42 bits per heavy atom. The minimum atomic E-state index is -0.177. The minimum Gasteiger partial charge on any atom is -0.316 e. The number of hydrogen-bond acceptors (Lipinski definition) is 2. The first kappa shape index (κ1) is 11.4. The van der Waals surface area contributed by atoms with Gasteiger partial charge in [0.05, 0.1) is 11.5 Å². The van der Waals surface area contributed by atoms with Crippen molar-refractivity contribution < 1.29 is 0 Å².